The molecule has 0 fully saturated rings. The lowest BCUT2D eigenvalue weighted by Crippen LogP contribution is -2.36. The third-order valence-corrected chi connectivity index (χ3v) is 4.12. The highest BCUT2D eigenvalue weighted by Gasteiger charge is 2.18. The average Bonchev–Trinajstić information content (AvgIpc) is 2.67. The number of pyridine rings is 1. The van der Waals surface area contributed by atoms with Crippen molar-refractivity contribution in [3.8, 4) is 6.07 Å². The summed E-state index contributed by atoms with van der Waals surface area (Å²) >= 11 is 0. The minimum absolute atomic E-state index is 0.149. The highest BCUT2D eigenvalue weighted by Crippen LogP contribution is 2.23. The molecule has 8 nitrogen and oxygen atoms in total. The fourth-order valence-corrected chi connectivity index (χ4v) is 2.81. The van der Waals surface area contributed by atoms with Gasteiger partial charge in [0.05, 0.1) is 11.7 Å². The van der Waals surface area contributed by atoms with Crippen LogP contribution >= 0.6 is 0 Å². The van der Waals surface area contributed by atoms with Crippen LogP contribution in [-0.4, -0.2) is 26.9 Å². The molecule has 0 bridgehead atoms. The number of amides is 1. The molecule has 142 valence electrons. The van der Waals surface area contributed by atoms with Gasteiger partial charge in [0.25, 0.3) is 0 Å². The minimum Gasteiger partial charge on any atom is -0.368 e. The zero-order valence-electron chi connectivity index (χ0n) is 15.7. The number of hydrogen-bond donors (Lipinski definition) is 3. The van der Waals surface area contributed by atoms with Crippen LogP contribution in [0.2, 0.25) is 0 Å². The Labute approximate surface area is 162 Å². The Morgan fingerprint density at radius 1 is 1.29 bits per heavy atom. The Kier molecular flexibility index (Phi) is 5.65. The van der Waals surface area contributed by atoms with E-state index in [1.54, 1.807) is 6.20 Å². The Hall–Kier alpha value is -3.73. The van der Waals surface area contributed by atoms with Crippen LogP contribution in [0.5, 0.6) is 0 Å². The van der Waals surface area contributed by atoms with Gasteiger partial charge in [-0.15, -0.1) is 0 Å². The number of carbonyl (C=O) groups is 1. The van der Waals surface area contributed by atoms with Gasteiger partial charge < -0.3 is 16.4 Å². The fraction of sp³-hybridized carbons (Fsp3) is 0.250. The maximum Gasteiger partial charge on any atom is 0.239 e. The Bertz CT molecular complexity index is 1040. The highest BCUT2D eigenvalue weighted by molar-refractivity contribution is 5.84. The molecule has 8 heteroatoms. The molecule has 1 aromatic carbocycles. The van der Waals surface area contributed by atoms with Crippen LogP contribution in [0.3, 0.4) is 0 Å². The SMILES string of the molecule is CC(C)C[C@@H](Nc1cnc(C#N)c(Nc2ccc3ncccc3c2)n1)C(N)=O. The summed E-state index contributed by atoms with van der Waals surface area (Å²) in [6.45, 7) is 4.01. The number of hydrogen-bond acceptors (Lipinski definition) is 7. The summed E-state index contributed by atoms with van der Waals surface area (Å²) in [7, 11) is 0. The Morgan fingerprint density at radius 3 is 2.82 bits per heavy atom. The largest absolute Gasteiger partial charge is 0.368 e. The van der Waals surface area contributed by atoms with Gasteiger partial charge >= 0.3 is 0 Å². The number of nitriles is 1. The van der Waals surface area contributed by atoms with Gasteiger partial charge in [0.2, 0.25) is 5.91 Å². The minimum atomic E-state index is -0.568. The van der Waals surface area contributed by atoms with Crippen molar-refractivity contribution in [3.63, 3.8) is 0 Å². The van der Waals surface area contributed by atoms with E-state index in [1.165, 1.54) is 6.20 Å². The number of primary amides is 1. The van der Waals surface area contributed by atoms with E-state index in [4.69, 9.17) is 5.73 Å². The molecule has 3 aromatic rings. The van der Waals surface area contributed by atoms with E-state index in [9.17, 15) is 10.1 Å². The molecule has 1 atom stereocenters. The first kappa shape index (κ1) is 19.0. The smallest absolute Gasteiger partial charge is 0.239 e. The molecule has 0 aliphatic carbocycles. The molecule has 0 radical (unpaired) electrons. The zero-order valence-corrected chi connectivity index (χ0v) is 15.7. The van der Waals surface area contributed by atoms with Crippen LogP contribution in [0, 0.1) is 17.2 Å². The molecule has 0 saturated carbocycles. The number of fused-ring (bicyclic) bond motifs is 1. The number of nitrogens with two attached hydrogens (primary N) is 1. The summed E-state index contributed by atoms with van der Waals surface area (Å²) in [5.74, 6) is 0.480. The van der Waals surface area contributed by atoms with Crippen molar-refractivity contribution in [2.75, 3.05) is 10.6 Å². The number of anilines is 3. The van der Waals surface area contributed by atoms with Crippen molar-refractivity contribution in [2.45, 2.75) is 26.3 Å². The van der Waals surface area contributed by atoms with Crippen LogP contribution in [0.1, 0.15) is 26.0 Å². The van der Waals surface area contributed by atoms with Crippen LogP contribution in [-0.2, 0) is 4.79 Å². The number of rotatable bonds is 7. The first-order chi connectivity index (χ1) is 13.5. The summed E-state index contributed by atoms with van der Waals surface area (Å²) in [6, 6.07) is 10.9. The second-order valence-electron chi connectivity index (χ2n) is 6.83. The highest BCUT2D eigenvalue weighted by atomic mass is 16.1. The standard InChI is InChI=1S/C20H21N7O/c1-12(2)8-16(19(22)28)26-18-11-24-17(10-21)20(27-18)25-14-5-6-15-13(9-14)4-3-7-23-15/h3-7,9,11-12,16H,8H2,1-2H3,(H2,22,28)(H2,25,26,27)/t16-/m1/s1. The normalized spacial score (nSPS) is 11.8. The van der Waals surface area contributed by atoms with Crippen LogP contribution in [0.15, 0.2) is 42.7 Å². The number of nitrogens with zero attached hydrogens (tertiary/aromatic N) is 4. The lowest BCUT2D eigenvalue weighted by atomic mass is 10.0. The van der Waals surface area contributed by atoms with E-state index in [2.05, 4.69) is 25.6 Å². The summed E-state index contributed by atoms with van der Waals surface area (Å²) < 4.78 is 0. The van der Waals surface area contributed by atoms with Crippen molar-refractivity contribution in [1.82, 2.24) is 15.0 Å². The molecule has 0 unspecified atom stereocenters. The first-order valence-corrected chi connectivity index (χ1v) is 8.91. The second-order valence-corrected chi connectivity index (χ2v) is 6.83. The van der Waals surface area contributed by atoms with Crippen LogP contribution in [0.25, 0.3) is 10.9 Å². The van der Waals surface area contributed by atoms with Crippen LogP contribution in [0.4, 0.5) is 17.3 Å². The van der Waals surface area contributed by atoms with Gasteiger partial charge in [-0.05, 0) is 36.6 Å². The van der Waals surface area contributed by atoms with Crippen LogP contribution < -0.4 is 16.4 Å². The number of carbonyl (C=O) groups excluding carboxylic acids is 1. The van der Waals surface area contributed by atoms with E-state index < -0.39 is 11.9 Å². The molecule has 0 spiro atoms. The van der Waals surface area contributed by atoms with Crippen molar-refractivity contribution in [1.29, 1.82) is 5.26 Å². The number of benzene rings is 1. The average molecular weight is 375 g/mol. The molecule has 28 heavy (non-hydrogen) atoms. The molecule has 4 N–H and O–H groups in total. The molecule has 3 rings (SSSR count). The van der Waals surface area contributed by atoms with E-state index >= 15 is 0 Å². The summed E-state index contributed by atoms with van der Waals surface area (Å²) in [5.41, 5.74) is 7.25. The Balaban J connectivity index is 1.88. The zero-order chi connectivity index (χ0) is 20.1. The maximum atomic E-state index is 11.7. The maximum absolute atomic E-state index is 11.7. The molecule has 2 aromatic heterocycles. The first-order valence-electron chi connectivity index (χ1n) is 8.91. The lowest BCUT2D eigenvalue weighted by Gasteiger charge is -2.18. The van der Waals surface area contributed by atoms with E-state index in [0.29, 0.717) is 18.1 Å². The predicted octanol–water partition coefficient (Wildman–Crippen LogP) is 2.95. The van der Waals surface area contributed by atoms with Crippen molar-refractivity contribution < 1.29 is 4.79 Å². The molecule has 0 saturated heterocycles. The fourth-order valence-electron chi connectivity index (χ4n) is 2.81. The Morgan fingerprint density at radius 2 is 2.11 bits per heavy atom. The van der Waals surface area contributed by atoms with E-state index in [1.807, 2.05) is 50.2 Å². The molecule has 0 aliphatic heterocycles. The van der Waals surface area contributed by atoms with Crippen molar-refractivity contribution >= 4 is 34.1 Å². The second kappa shape index (κ2) is 8.31. The summed E-state index contributed by atoms with van der Waals surface area (Å²) in [5, 5.41) is 16.4. The number of nitrogens with one attached hydrogen (secondary N) is 2. The molecule has 0 aliphatic rings. The topological polar surface area (TPSA) is 130 Å². The summed E-state index contributed by atoms with van der Waals surface area (Å²) in [6.07, 6.45) is 3.72. The van der Waals surface area contributed by atoms with Crippen molar-refractivity contribution in [3.05, 3.63) is 48.4 Å². The van der Waals surface area contributed by atoms with Gasteiger partial charge in [0.15, 0.2) is 11.5 Å². The van der Waals surface area contributed by atoms with Crippen molar-refractivity contribution in [2.24, 2.45) is 11.7 Å². The van der Waals surface area contributed by atoms with E-state index in [0.717, 1.165) is 16.6 Å². The predicted molar refractivity (Wildman–Crippen MR) is 108 cm³/mol. The third-order valence-electron chi connectivity index (χ3n) is 4.12. The van der Waals surface area contributed by atoms with Gasteiger partial charge in [0.1, 0.15) is 17.9 Å². The van der Waals surface area contributed by atoms with E-state index in [-0.39, 0.29) is 11.6 Å². The van der Waals surface area contributed by atoms with Gasteiger partial charge in [-0.2, -0.15) is 5.26 Å². The molecule has 2 heterocycles. The molecular weight excluding hydrogens is 354 g/mol. The number of aromatic nitrogens is 3. The quantitative estimate of drug-likeness (QED) is 0.579. The molecule has 1 amide bonds. The van der Waals surface area contributed by atoms with Gasteiger partial charge in [0, 0.05) is 17.3 Å². The van der Waals surface area contributed by atoms with Gasteiger partial charge in [-0.3, -0.25) is 9.78 Å². The lowest BCUT2D eigenvalue weighted by molar-refractivity contribution is -0.119. The molecular formula is C20H21N7O. The monoisotopic (exact) mass is 375 g/mol. The summed E-state index contributed by atoms with van der Waals surface area (Å²) in [4.78, 5) is 24.5. The third kappa shape index (κ3) is 4.51. The van der Waals surface area contributed by atoms with Gasteiger partial charge in [-0.1, -0.05) is 19.9 Å². The van der Waals surface area contributed by atoms with Gasteiger partial charge in [-0.25, -0.2) is 9.97 Å².